The molecule has 1 aromatic rings. The Hall–Kier alpha value is -1.47. The van der Waals surface area contributed by atoms with Crippen LogP contribution in [0.4, 0.5) is 11.4 Å². The lowest BCUT2D eigenvalue weighted by molar-refractivity contribution is 0.391. The van der Waals surface area contributed by atoms with Crippen molar-refractivity contribution in [2.75, 3.05) is 41.7 Å². The third-order valence-electron chi connectivity index (χ3n) is 4.45. The number of piperazine rings is 1. The van der Waals surface area contributed by atoms with Crippen LogP contribution < -0.4 is 19.3 Å². The molecule has 128 valence electrons. The van der Waals surface area contributed by atoms with E-state index in [2.05, 4.69) is 24.1 Å². The molecule has 2 aliphatic heterocycles. The van der Waals surface area contributed by atoms with Crippen LogP contribution in [-0.4, -0.2) is 53.0 Å². The van der Waals surface area contributed by atoms with E-state index in [4.69, 9.17) is 4.74 Å². The first kappa shape index (κ1) is 16.4. The van der Waals surface area contributed by atoms with E-state index in [1.165, 1.54) is 4.31 Å². The van der Waals surface area contributed by atoms with Gasteiger partial charge in [-0.3, -0.25) is 4.31 Å². The number of benzene rings is 1. The van der Waals surface area contributed by atoms with Crippen molar-refractivity contribution in [2.45, 2.75) is 32.4 Å². The van der Waals surface area contributed by atoms with Crippen molar-refractivity contribution in [3.05, 3.63) is 18.2 Å². The first-order chi connectivity index (χ1) is 10.9. The van der Waals surface area contributed by atoms with Gasteiger partial charge in [0, 0.05) is 31.7 Å². The molecule has 2 heterocycles. The smallest absolute Gasteiger partial charge is 0.235 e. The Kier molecular flexibility index (Phi) is 4.42. The molecule has 3 rings (SSSR count). The van der Waals surface area contributed by atoms with Crippen molar-refractivity contribution in [3.8, 4) is 5.75 Å². The highest BCUT2D eigenvalue weighted by molar-refractivity contribution is 7.93. The fourth-order valence-corrected chi connectivity index (χ4v) is 5.09. The highest BCUT2D eigenvalue weighted by Crippen LogP contribution is 2.35. The Morgan fingerprint density at radius 1 is 1.22 bits per heavy atom. The first-order valence-corrected chi connectivity index (χ1v) is 9.71. The number of ether oxygens (including phenoxy) is 1. The number of hydrogen-bond donors (Lipinski definition) is 1. The second-order valence-corrected chi connectivity index (χ2v) is 8.48. The maximum absolute atomic E-state index is 12.2. The largest absolute Gasteiger partial charge is 0.495 e. The average molecular weight is 339 g/mol. The monoisotopic (exact) mass is 339 g/mol. The molecule has 0 spiro atoms. The van der Waals surface area contributed by atoms with E-state index < -0.39 is 10.0 Å². The van der Waals surface area contributed by atoms with Crippen LogP contribution in [-0.2, 0) is 10.0 Å². The van der Waals surface area contributed by atoms with Gasteiger partial charge in [-0.2, -0.15) is 0 Å². The minimum Gasteiger partial charge on any atom is -0.495 e. The summed E-state index contributed by atoms with van der Waals surface area (Å²) in [6.45, 7) is 6.62. The van der Waals surface area contributed by atoms with Gasteiger partial charge in [-0.05, 0) is 38.5 Å². The number of methoxy groups -OCH3 is 1. The van der Waals surface area contributed by atoms with Crippen molar-refractivity contribution in [1.29, 1.82) is 0 Å². The molecular formula is C16H25N3O3S. The number of nitrogens with one attached hydrogen (secondary N) is 1. The van der Waals surface area contributed by atoms with Crippen molar-refractivity contribution < 1.29 is 13.2 Å². The van der Waals surface area contributed by atoms with E-state index in [1.54, 1.807) is 7.11 Å². The molecule has 0 aromatic heterocycles. The Labute approximate surface area is 138 Å². The molecule has 2 atom stereocenters. The minimum absolute atomic E-state index is 0.232. The summed E-state index contributed by atoms with van der Waals surface area (Å²) < 4.78 is 31.4. The van der Waals surface area contributed by atoms with Crippen molar-refractivity contribution in [3.63, 3.8) is 0 Å². The summed E-state index contributed by atoms with van der Waals surface area (Å²) in [4.78, 5) is 2.27. The molecule has 0 aliphatic carbocycles. The zero-order chi connectivity index (χ0) is 16.6. The topological polar surface area (TPSA) is 61.9 Å². The maximum Gasteiger partial charge on any atom is 0.235 e. The van der Waals surface area contributed by atoms with Crippen LogP contribution in [0.5, 0.6) is 5.75 Å². The van der Waals surface area contributed by atoms with Crippen molar-refractivity contribution in [1.82, 2.24) is 5.32 Å². The fourth-order valence-electron chi connectivity index (χ4n) is 3.53. The number of anilines is 2. The van der Waals surface area contributed by atoms with Crippen molar-refractivity contribution in [2.24, 2.45) is 0 Å². The van der Waals surface area contributed by atoms with Gasteiger partial charge in [-0.25, -0.2) is 8.42 Å². The molecule has 23 heavy (non-hydrogen) atoms. The lowest BCUT2D eigenvalue weighted by Crippen LogP contribution is -2.54. The molecule has 2 saturated heterocycles. The van der Waals surface area contributed by atoms with Crippen LogP contribution >= 0.6 is 0 Å². The van der Waals surface area contributed by atoms with E-state index in [1.807, 2.05) is 18.2 Å². The van der Waals surface area contributed by atoms with E-state index in [9.17, 15) is 8.42 Å². The summed E-state index contributed by atoms with van der Waals surface area (Å²) >= 11 is 0. The Balaban J connectivity index is 1.97. The summed E-state index contributed by atoms with van der Waals surface area (Å²) in [5.41, 5.74) is 1.70. The zero-order valence-electron chi connectivity index (χ0n) is 13.9. The summed E-state index contributed by atoms with van der Waals surface area (Å²) in [5, 5.41) is 3.51. The molecule has 1 aromatic carbocycles. The normalized spacial score (nSPS) is 27.3. The van der Waals surface area contributed by atoms with Gasteiger partial charge < -0.3 is 15.0 Å². The minimum atomic E-state index is -3.17. The lowest BCUT2D eigenvalue weighted by Gasteiger charge is -2.38. The summed E-state index contributed by atoms with van der Waals surface area (Å²) in [7, 11) is -1.51. The molecule has 0 radical (unpaired) electrons. The van der Waals surface area contributed by atoms with Crippen LogP contribution in [0.3, 0.4) is 0 Å². The molecule has 7 heteroatoms. The third kappa shape index (κ3) is 3.26. The highest BCUT2D eigenvalue weighted by atomic mass is 32.2. The number of rotatable bonds is 3. The Bertz CT molecular complexity index is 667. The molecule has 0 bridgehead atoms. The van der Waals surface area contributed by atoms with Gasteiger partial charge >= 0.3 is 0 Å². The second kappa shape index (κ2) is 6.20. The van der Waals surface area contributed by atoms with E-state index in [-0.39, 0.29) is 5.75 Å². The Morgan fingerprint density at radius 3 is 2.48 bits per heavy atom. The molecule has 6 nitrogen and oxygen atoms in total. The molecular weight excluding hydrogens is 314 g/mol. The van der Waals surface area contributed by atoms with Crippen LogP contribution in [0, 0.1) is 0 Å². The van der Waals surface area contributed by atoms with Crippen LogP contribution in [0.15, 0.2) is 18.2 Å². The molecule has 2 fully saturated rings. The predicted octanol–water partition coefficient (Wildman–Crippen LogP) is 1.42. The van der Waals surface area contributed by atoms with Crippen LogP contribution in [0.2, 0.25) is 0 Å². The number of nitrogens with zero attached hydrogens (tertiary/aromatic N) is 2. The third-order valence-corrected chi connectivity index (χ3v) is 6.32. The van der Waals surface area contributed by atoms with Gasteiger partial charge in [0.2, 0.25) is 10.0 Å². The average Bonchev–Trinajstić information content (AvgIpc) is 2.85. The van der Waals surface area contributed by atoms with Crippen LogP contribution in [0.25, 0.3) is 0 Å². The second-order valence-electron chi connectivity index (χ2n) is 6.47. The van der Waals surface area contributed by atoms with E-state index >= 15 is 0 Å². The fraction of sp³-hybridized carbons (Fsp3) is 0.625. The molecule has 0 saturated carbocycles. The quantitative estimate of drug-likeness (QED) is 0.902. The molecule has 2 aliphatic rings. The lowest BCUT2D eigenvalue weighted by atomic mass is 10.1. The molecule has 1 N–H and O–H groups in total. The summed E-state index contributed by atoms with van der Waals surface area (Å²) in [5.74, 6) is 1.02. The van der Waals surface area contributed by atoms with Gasteiger partial charge in [0.1, 0.15) is 5.75 Å². The number of sulfonamides is 1. The van der Waals surface area contributed by atoms with E-state index in [0.717, 1.165) is 30.2 Å². The molecule has 2 unspecified atom stereocenters. The predicted molar refractivity (Wildman–Crippen MR) is 93.0 cm³/mol. The van der Waals surface area contributed by atoms with Gasteiger partial charge in [-0.15, -0.1) is 0 Å². The SMILES string of the molecule is COc1ccc(N2CCCS2(=O)=O)cc1N1CC(C)NC(C)C1. The van der Waals surface area contributed by atoms with E-state index in [0.29, 0.717) is 25.0 Å². The highest BCUT2D eigenvalue weighted by Gasteiger charge is 2.30. The van der Waals surface area contributed by atoms with Gasteiger partial charge in [0.15, 0.2) is 0 Å². The maximum atomic E-state index is 12.2. The molecule has 0 amide bonds. The summed E-state index contributed by atoms with van der Waals surface area (Å²) in [6, 6.07) is 6.41. The zero-order valence-corrected chi connectivity index (χ0v) is 14.8. The summed E-state index contributed by atoms with van der Waals surface area (Å²) in [6.07, 6.45) is 0.686. The first-order valence-electron chi connectivity index (χ1n) is 8.10. The van der Waals surface area contributed by atoms with Gasteiger partial charge in [0.25, 0.3) is 0 Å². The van der Waals surface area contributed by atoms with Crippen molar-refractivity contribution >= 4 is 21.4 Å². The number of hydrogen-bond acceptors (Lipinski definition) is 5. The van der Waals surface area contributed by atoms with Crippen LogP contribution in [0.1, 0.15) is 20.3 Å². The Morgan fingerprint density at radius 2 is 1.91 bits per heavy atom. The van der Waals surface area contributed by atoms with Gasteiger partial charge in [-0.1, -0.05) is 0 Å². The standard InChI is InChI=1S/C16H25N3O3S/c1-12-10-18(11-13(2)17-12)15-9-14(5-6-16(15)22-3)19-7-4-8-23(19,20)21/h5-6,9,12-13,17H,4,7-8,10-11H2,1-3H3. The van der Waals surface area contributed by atoms with Gasteiger partial charge in [0.05, 0.1) is 24.2 Å².